The molecule has 3 rings (SSSR count). The van der Waals surface area contributed by atoms with Gasteiger partial charge in [0.25, 0.3) is 15.9 Å². The van der Waals surface area contributed by atoms with Gasteiger partial charge in [-0.25, -0.2) is 13.8 Å². The molecule has 0 fully saturated rings. The number of rotatable bonds is 15. The molecule has 1 amide bonds. The zero-order valence-electron chi connectivity index (χ0n) is 23.7. The van der Waals surface area contributed by atoms with Gasteiger partial charge in [0.05, 0.1) is 51.3 Å². The monoisotopic (exact) mass is 585 g/mol. The molecule has 0 saturated carbocycles. The van der Waals surface area contributed by atoms with E-state index in [0.29, 0.717) is 41.8 Å². The second-order valence-corrected chi connectivity index (χ2v) is 10.4. The maximum Gasteiger partial charge on any atom is 0.264 e. The molecule has 0 saturated heterocycles. The summed E-state index contributed by atoms with van der Waals surface area (Å²) in [5.74, 6) is 1.65. The molecular weight excluding hydrogens is 550 g/mol. The van der Waals surface area contributed by atoms with E-state index in [4.69, 9.17) is 23.7 Å². The predicted octanol–water partition coefficient (Wildman–Crippen LogP) is 4.25. The van der Waals surface area contributed by atoms with Crippen LogP contribution in [0.2, 0.25) is 0 Å². The normalized spacial score (nSPS) is 11.1. The zero-order chi connectivity index (χ0) is 29.8. The van der Waals surface area contributed by atoms with Crippen molar-refractivity contribution in [3.05, 3.63) is 66.2 Å². The van der Waals surface area contributed by atoms with Crippen molar-refractivity contribution in [2.75, 3.05) is 45.4 Å². The van der Waals surface area contributed by atoms with E-state index in [1.807, 2.05) is 13.8 Å². The van der Waals surface area contributed by atoms with Gasteiger partial charge in [-0.2, -0.15) is 5.10 Å². The third kappa shape index (κ3) is 8.04. The van der Waals surface area contributed by atoms with Crippen LogP contribution in [0.4, 0.5) is 5.69 Å². The Morgan fingerprint density at radius 1 is 0.854 bits per heavy atom. The number of methoxy groups -OCH3 is 3. The van der Waals surface area contributed by atoms with Gasteiger partial charge >= 0.3 is 0 Å². The highest BCUT2D eigenvalue weighted by Crippen LogP contribution is 2.33. The molecule has 0 unspecified atom stereocenters. The van der Waals surface area contributed by atoms with Gasteiger partial charge in [-0.1, -0.05) is 6.92 Å². The number of hydrazone groups is 1. The minimum absolute atomic E-state index is 0.0869. The fourth-order valence-electron chi connectivity index (χ4n) is 3.72. The van der Waals surface area contributed by atoms with Crippen molar-refractivity contribution >= 4 is 27.8 Å². The largest absolute Gasteiger partial charge is 0.497 e. The van der Waals surface area contributed by atoms with Gasteiger partial charge in [-0.15, -0.1) is 0 Å². The molecule has 0 spiro atoms. The van der Waals surface area contributed by atoms with Crippen LogP contribution in [0.25, 0.3) is 0 Å². The molecule has 3 aromatic rings. The lowest BCUT2D eigenvalue weighted by Gasteiger charge is -2.24. The Kier molecular flexibility index (Phi) is 11.2. The van der Waals surface area contributed by atoms with Crippen molar-refractivity contribution in [1.82, 2.24) is 5.43 Å². The highest BCUT2D eigenvalue weighted by molar-refractivity contribution is 7.92. The molecule has 0 aliphatic heterocycles. The maximum absolute atomic E-state index is 13.7. The molecule has 0 bridgehead atoms. The minimum Gasteiger partial charge on any atom is -0.497 e. The van der Waals surface area contributed by atoms with Gasteiger partial charge in [0, 0.05) is 6.07 Å². The number of sulfonamides is 1. The van der Waals surface area contributed by atoms with Gasteiger partial charge in [0.2, 0.25) is 0 Å². The first-order chi connectivity index (χ1) is 19.8. The molecule has 1 N–H and O–H groups in total. The molecule has 0 aliphatic carbocycles. The van der Waals surface area contributed by atoms with Gasteiger partial charge < -0.3 is 23.7 Å². The van der Waals surface area contributed by atoms with E-state index >= 15 is 0 Å². The molecule has 0 radical (unpaired) electrons. The van der Waals surface area contributed by atoms with Crippen molar-refractivity contribution in [2.24, 2.45) is 5.10 Å². The second kappa shape index (κ2) is 14.8. The van der Waals surface area contributed by atoms with Gasteiger partial charge in [-0.3, -0.25) is 9.10 Å². The van der Waals surface area contributed by atoms with Gasteiger partial charge in [0.1, 0.15) is 12.3 Å². The standard InChI is InChI=1S/C29H35N3O8S/c1-6-16-40-26-14-8-21(17-28(26)39-7-2)19-30-31-29(33)20-32(22-9-11-23(36-3)12-10-22)41(34,35)24-13-15-25(37-4)27(18-24)38-5/h8-15,17-19H,6-7,16,20H2,1-5H3,(H,31,33)/b30-19-. The summed E-state index contributed by atoms with van der Waals surface area (Å²) < 4.78 is 55.5. The Morgan fingerprint density at radius 3 is 2.20 bits per heavy atom. The van der Waals surface area contributed by atoms with Crippen LogP contribution in [-0.2, 0) is 14.8 Å². The second-order valence-electron chi connectivity index (χ2n) is 8.51. The lowest BCUT2D eigenvalue weighted by molar-refractivity contribution is -0.119. The number of ether oxygens (including phenoxy) is 5. The number of carbonyl (C=O) groups excluding carboxylic acids is 1. The number of amides is 1. The van der Waals surface area contributed by atoms with E-state index in [9.17, 15) is 13.2 Å². The van der Waals surface area contributed by atoms with Crippen LogP contribution < -0.4 is 33.4 Å². The molecular formula is C29H35N3O8S. The molecule has 11 nitrogen and oxygen atoms in total. The number of benzene rings is 3. The summed E-state index contributed by atoms with van der Waals surface area (Å²) in [6, 6.07) is 15.8. The summed E-state index contributed by atoms with van der Waals surface area (Å²) in [6.07, 6.45) is 2.29. The number of nitrogens with one attached hydrogen (secondary N) is 1. The lowest BCUT2D eigenvalue weighted by atomic mass is 10.2. The molecule has 220 valence electrons. The Morgan fingerprint density at radius 2 is 1.56 bits per heavy atom. The molecule has 12 heteroatoms. The van der Waals surface area contributed by atoms with E-state index in [0.717, 1.165) is 10.7 Å². The highest BCUT2D eigenvalue weighted by atomic mass is 32.2. The topological polar surface area (TPSA) is 125 Å². The van der Waals surface area contributed by atoms with Crippen molar-refractivity contribution in [2.45, 2.75) is 25.2 Å². The summed E-state index contributed by atoms with van der Waals surface area (Å²) >= 11 is 0. The average Bonchev–Trinajstić information content (AvgIpc) is 2.99. The zero-order valence-corrected chi connectivity index (χ0v) is 24.6. The third-order valence-electron chi connectivity index (χ3n) is 5.72. The quantitative estimate of drug-likeness (QED) is 0.207. The van der Waals surface area contributed by atoms with Crippen LogP contribution >= 0.6 is 0 Å². The van der Waals surface area contributed by atoms with Crippen LogP contribution in [0.1, 0.15) is 25.8 Å². The third-order valence-corrected chi connectivity index (χ3v) is 7.49. The van der Waals surface area contributed by atoms with E-state index in [1.165, 1.54) is 45.7 Å². The first kappa shape index (κ1) is 31.1. The fourth-order valence-corrected chi connectivity index (χ4v) is 5.15. The van der Waals surface area contributed by atoms with Crippen molar-refractivity contribution in [1.29, 1.82) is 0 Å². The van der Waals surface area contributed by atoms with Gasteiger partial charge in [0.15, 0.2) is 23.0 Å². The van der Waals surface area contributed by atoms with E-state index in [1.54, 1.807) is 42.5 Å². The van der Waals surface area contributed by atoms with Crippen LogP contribution in [0.15, 0.2) is 70.7 Å². The van der Waals surface area contributed by atoms with Gasteiger partial charge in [-0.05, 0) is 73.5 Å². The minimum atomic E-state index is -4.21. The molecule has 41 heavy (non-hydrogen) atoms. The predicted molar refractivity (Wildman–Crippen MR) is 156 cm³/mol. The summed E-state index contributed by atoms with van der Waals surface area (Å²) in [4.78, 5) is 12.9. The number of hydrogen-bond donors (Lipinski definition) is 1. The van der Waals surface area contributed by atoms with Crippen LogP contribution in [0.3, 0.4) is 0 Å². The molecule has 0 aromatic heterocycles. The summed E-state index contributed by atoms with van der Waals surface area (Å²) in [6.45, 7) is 4.35. The summed E-state index contributed by atoms with van der Waals surface area (Å²) in [5.41, 5.74) is 3.31. The first-order valence-corrected chi connectivity index (χ1v) is 14.3. The van der Waals surface area contributed by atoms with E-state index < -0.39 is 22.5 Å². The number of anilines is 1. The first-order valence-electron chi connectivity index (χ1n) is 12.9. The fraction of sp³-hybridized carbons (Fsp3) is 0.310. The number of nitrogens with zero attached hydrogens (tertiary/aromatic N) is 2. The van der Waals surface area contributed by atoms with Crippen molar-refractivity contribution in [3.63, 3.8) is 0 Å². The molecule has 0 heterocycles. The average molecular weight is 586 g/mol. The summed E-state index contributed by atoms with van der Waals surface area (Å²) in [5, 5.41) is 4.01. The molecule has 0 atom stereocenters. The van der Waals surface area contributed by atoms with E-state index in [2.05, 4.69) is 10.5 Å². The van der Waals surface area contributed by atoms with E-state index in [-0.39, 0.29) is 16.3 Å². The lowest BCUT2D eigenvalue weighted by Crippen LogP contribution is -2.39. The Labute approximate surface area is 240 Å². The Hall–Kier alpha value is -4.45. The molecule has 0 aliphatic rings. The maximum atomic E-state index is 13.7. The van der Waals surface area contributed by atoms with Crippen molar-refractivity contribution < 1.29 is 36.9 Å². The van der Waals surface area contributed by atoms with Crippen LogP contribution in [0, 0.1) is 0 Å². The highest BCUT2D eigenvalue weighted by Gasteiger charge is 2.28. The van der Waals surface area contributed by atoms with Crippen molar-refractivity contribution in [3.8, 4) is 28.7 Å². The Bertz CT molecular complexity index is 1440. The number of carbonyl (C=O) groups is 1. The SMILES string of the molecule is CCCOc1ccc(/C=N\NC(=O)CN(c2ccc(OC)cc2)S(=O)(=O)c2ccc(OC)c(OC)c2)cc1OCC. The summed E-state index contributed by atoms with van der Waals surface area (Å²) in [7, 11) is 0.145. The Balaban J connectivity index is 1.85. The van der Waals surface area contributed by atoms with Crippen LogP contribution in [-0.4, -0.2) is 61.6 Å². The molecule has 3 aromatic carbocycles. The smallest absolute Gasteiger partial charge is 0.264 e. The number of hydrogen-bond acceptors (Lipinski definition) is 9. The van der Waals surface area contributed by atoms with Crippen LogP contribution in [0.5, 0.6) is 28.7 Å².